The number of hydrogen-bond acceptors (Lipinski definition) is 2. The zero-order valence-electron chi connectivity index (χ0n) is 8.24. The van der Waals surface area contributed by atoms with Crippen molar-refractivity contribution in [3.63, 3.8) is 0 Å². The highest BCUT2D eigenvalue weighted by molar-refractivity contribution is 6.34. The van der Waals surface area contributed by atoms with Gasteiger partial charge in [-0.3, -0.25) is 0 Å². The average Bonchev–Trinajstić information content (AvgIpc) is 2.58. The molecule has 4 heteroatoms. The highest BCUT2D eigenvalue weighted by Crippen LogP contribution is 2.22. The minimum absolute atomic E-state index is 0.356. The van der Waals surface area contributed by atoms with Crippen LogP contribution < -0.4 is 0 Å². The molecule has 2 aromatic heterocycles. The van der Waals surface area contributed by atoms with Gasteiger partial charge >= 0.3 is 5.97 Å². The molecule has 0 bridgehead atoms. The minimum Gasteiger partial charge on any atom is -0.461 e. The Morgan fingerprint density at radius 1 is 1.53 bits per heavy atom. The van der Waals surface area contributed by atoms with Gasteiger partial charge in [0, 0.05) is 6.20 Å². The fourth-order valence-corrected chi connectivity index (χ4v) is 1.73. The lowest BCUT2D eigenvalue weighted by Crippen LogP contribution is -2.07. The number of ether oxygens (including phenoxy) is 1. The molecule has 0 aliphatic carbocycles. The summed E-state index contributed by atoms with van der Waals surface area (Å²) in [5, 5.41) is 0.554. The number of hydrogen-bond donors (Lipinski definition) is 0. The Morgan fingerprint density at radius 2 is 2.33 bits per heavy atom. The van der Waals surface area contributed by atoms with Crippen LogP contribution in [0.4, 0.5) is 0 Å². The van der Waals surface area contributed by atoms with Crippen LogP contribution in [0.2, 0.25) is 5.02 Å². The number of pyridine rings is 1. The molecule has 78 valence electrons. The Bertz CT molecular complexity index is 504. The summed E-state index contributed by atoms with van der Waals surface area (Å²) in [6.45, 7) is 2.13. The van der Waals surface area contributed by atoms with E-state index in [4.69, 9.17) is 16.3 Å². The molecule has 0 saturated carbocycles. The zero-order chi connectivity index (χ0) is 10.8. The molecule has 0 unspecified atom stereocenters. The molecule has 0 aliphatic heterocycles. The number of carbonyl (C=O) groups excluding carboxylic acids is 1. The maximum absolute atomic E-state index is 11.6. The largest absolute Gasteiger partial charge is 0.461 e. The second-order valence-electron chi connectivity index (χ2n) is 3.05. The SMILES string of the molecule is CCOC(=O)c1cc(Cl)c2ccccn12. The molecular weight excluding hydrogens is 214 g/mol. The summed E-state index contributed by atoms with van der Waals surface area (Å²) < 4.78 is 6.65. The Hall–Kier alpha value is -1.48. The van der Waals surface area contributed by atoms with E-state index >= 15 is 0 Å². The number of halogens is 1. The van der Waals surface area contributed by atoms with Crippen LogP contribution in [0.3, 0.4) is 0 Å². The third kappa shape index (κ3) is 1.70. The zero-order valence-corrected chi connectivity index (χ0v) is 8.99. The summed E-state index contributed by atoms with van der Waals surface area (Å²) in [6.07, 6.45) is 1.79. The Kier molecular flexibility index (Phi) is 2.64. The molecule has 2 heterocycles. The van der Waals surface area contributed by atoms with E-state index in [1.165, 1.54) is 0 Å². The maximum Gasteiger partial charge on any atom is 0.355 e. The first kappa shape index (κ1) is 10.1. The first-order chi connectivity index (χ1) is 7.24. The van der Waals surface area contributed by atoms with Crippen molar-refractivity contribution >= 4 is 23.1 Å². The van der Waals surface area contributed by atoms with Crippen molar-refractivity contribution in [3.05, 3.63) is 41.2 Å². The van der Waals surface area contributed by atoms with Gasteiger partial charge in [-0.1, -0.05) is 17.7 Å². The molecule has 0 aliphatic rings. The van der Waals surface area contributed by atoms with Crippen molar-refractivity contribution in [1.82, 2.24) is 4.40 Å². The standard InChI is InChI=1S/C11H10ClNO2/c1-2-15-11(14)10-7-8(12)9-5-3-4-6-13(9)10/h3-7H,2H2,1H3. The Labute approximate surface area is 92.2 Å². The van der Waals surface area contributed by atoms with Gasteiger partial charge in [-0.2, -0.15) is 0 Å². The van der Waals surface area contributed by atoms with E-state index in [9.17, 15) is 4.79 Å². The number of rotatable bonds is 2. The highest BCUT2D eigenvalue weighted by Gasteiger charge is 2.14. The first-order valence-corrected chi connectivity index (χ1v) is 5.04. The summed E-state index contributed by atoms with van der Waals surface area (Å²) >= 11 is 5.99. The van der Waals surface area contributed by atoms with Crippen molar-refractivity contribution in [2.75, 3.05) is 6.61 Å². The lowest BCUT2D eigenvalue weighted by atomic mass is 10.4. The molecule has 0 saturated heterocycles. The van der Waals surface area contributed by atoms with Crippen molar-refractivity contribution < 1.29 is 9.53 Å². The minimum atomic E-state index is -0.356. The van der Waals surface area contributed by atoms with E-state index in [-0.39, 0.29) is 5.97 Å². The summed E-state index contributed by atoms with van der Waals surface area (Å²) in [6, 6.07) is 7.18. The number of nitrogens with zero attached hydrogens (tertiary/aromatic N) is 1. The number of esters is 1. The molecule has 0 N–H and O–H groups in total. The van der Waals surface area contributed by atoms with Gasteiger partial charge in [0.2, 0.25) is 0 Å². The topological polar surface area (TPSA) is 30.7 Å². The quantitative estimate of drug-likeness (QED) is 0.733. The van der Waals surface area contributed by atoms with Crippen LogP contribution >= 0.6 is 11.6 Å². The number of carbonyl (C=O) groups is 1. The van der Waals surface area contributed by atoms with Crippen molar-refractivity contribution in [1.29, 1.82) is 0 Å². The number of fused-ring (bicyclic) bond motifs is 1. The molecule has 0 atom stereocenters. The second-order valence-corrected chi connectivity index (χ2v) is 3.46. The van der Waals surface area contributed by atoms with E-state index in [2.05, 4.69) is 0 Å². The fourth-order valence-electron chi connectivity index (χ4n) is 1.47. The van der Waals surface area contributed by atoms with Crippen LogP contribution in [0.1, 0.15) is 17.4 Å². The lowest BCUT2D eigenvalue weighted by Gasteiger charge is -2.01. The van der Waals surface area contributed by atoms with Crippen LogP contribution in [-0.4, -0.2) is 17.0 Å². The molecular formula is C11H10ClNO2. The van der Waals surface area contributed by atoms with Gasteiger partial charge in [0.25, 0.3) is 0 Å². The van der Waals surface area contributed by atoms with E-state index in [0.29, 0.717) is 17.3 Å². The number of aromatic nitrogens is 1. The molecule has 15 heavy (non-hydrogen) atoms. The van der Waals surface area contributed by atoms with Crippen LogP contribution in [0.5, 0.6) is 0 Å². The molecule has 2 aromatic rings. The molecule has 0 spiro atoms. The summed E-state index contributed by atoms with van der Waals surface area (Å²) in [7, 11) is 0. The summed E-state index contributed by atoms with van der Waals surface area (Å²) in [5.41, 5.74) is 1.26. The van der Waals surface area contributed by atoms with Gasteiger partial charge in [-0.25, -0.2) is 4.79 Å². The van der Waals surface area contributed by atoms with Crippen LogP contribution in [0.15, 0.2) is 30.5 Å². The molecule has 0 amide bonds. The van der Waals surface area contributed by atoms with Crippen molar-refractivity contribution in [2.24, 2.45) is 0 Å². The van der Waals surface area contributed by atoms with Gasteiger partial charge < -0.3 is 9.14 Å². The van der Waals surface area contributed by atoms with Crippen LogP contribution in [0.25, 0.3) is 5.52 Å². The molecule has 0 fully saturated rings. The third-order valence-corrected chi connectivity index (χ3v) is 2.41. The van der Waals surface area contributed by atoms with E-state index in [1.54, 1.807) is 23.6 Å². The van der Waals surface area contributed by atoms with Crippen LogP contribution in [-0.2, 0) is 4.74 Å². The molecule has 0 radical (unpaired) electrons. The fraction of sp³-hybridized carbons (Fsp3) is 0.182. The predicted molar refractivity (Wildman–Crippen MR) is 58.4 cm³/mol. The Morgan fingerprint density at radius 3 is 3.07 bits per heavy atom. The van der Waals surface area contributed by atoms with Gasteiger partial charge in [-0.15, -0.1) is 0 Å². The normalized spacial score (nSPS) is 10.5. The van der Waals surface area contributed by atoms with Gasteiger partial charge in [0.05, 0.1) is 17.1 Å². The first-order valence-electron chi connectivity index (χ1n) is 4.66. The Balaban J connectivity index is 2.57. The summed E-state index contributed by atoms with van der Waals surface area (Å²) in [4.78, 5) is 11.6. The smallest absolute Gasteiger partial charge is 0.355 e. The van der Waals surface area contributed by atoms with E-state index in [1.807, 2.05) is 18.2 Å². The molecule has 2 rings (SSSR count). The van der Waals surface area contributed by atoms with Gasteiger partial charge in [0.1, 0.15) is 5.69 Å². The third-order valence-electron chi connectivity index (χ3n) is 2.11. The lowest BCUT2D eigenvalue weighted by molar-refractivity contribution is 0.0518. The average molecular weight is 224 g/mol. The monoisotopic (exact) mass is 223 g/mol. The summed E-state index contributed by atoms with van der Waals surface area (Å²) in [5.74, 6) is -0.356. The van der Waals surface area contributed by atoms with Gasteiger partial charge in [0.15, 0.2) is 0 Å². The maximum atomic E-state index is 11.6. The van der Waals surface area contributed by atoms with Crippen molar-refractivity contribution in [2.45, 2.75) is 6.92 Å². The molecule has 3 nitrogen and oxygen atoms in total. The van der Waals surface area contributed by atoms with Crippen LogP contribution in [0, 0.1) is 0 Å². The van der Waals surface area contributed by atoms with Crippen molar-refractivity contribution in [3.8, 4) is 0 Å². The van der Waals surface area contributed by atoms with E-state index in [0.717, 1.165) is 5.52 Å². The molecule has 0 aromatic carbocycles. The van der Waals surface area contributed by atoms with E-state index < -0.39 is 0 Å². The predicted octanol–water partition coefficient (Wildman–Crippen LogP) is 2.77. The van der Waals surface area contributed by atoms with Gasteiger partial charge in [-0.05, 0) is 25.1 Å². The highest BCUT2D eigenvalue weighted by atomic mass is 35.5. The second kappa shape index (κ2) is 3.95.